The Morgan fingerprint density at radius 2 is 2.03 bits per heavy atom. The number of hydrogen-bond donors (Lipinski definition) is 3. The molecule has 4 N–H and O–H groups in total. The number of carbonyl (C=O) groups excluding carboxylic acids is 4. The number of amides is 3. The van der Waals surface area contributed by atoms with Gasteiger partial charge in [0.05, 0.1) is 0 Å². The highest BCUT2D eigenvalue weighted by Crippen LogP contribution is 2.29. The van der Waals surface area contributed by atoms with Gasteiger partial charge in [-0.3, -0.25) is 19.2 Å². The van der Waals surface area contributed by atoms with Gasteiger partial charge in [-0.15, -0.1) is 0 Å². The molecule has 158 valence electrons. The Balaban J connectivity index is 2.18. The van der Waals surface area contributed by atoms with Crippen LogP contribution in [0.5, 0.6) is 0 Å². The van der Waals surface area contributed by atoms with Crippen LogP contribution in [-0.4, -0.2) is 34.6 Å². The Morgan fingerprint density at radius 3 is 2.62 bits per heavy atom. The van der Waals surface area contributed by atoms with E-state index in [4.69, 9.17) is 5.73 Å². The van der Waals surface area contributed by atoms with Crippen molar-refractivity contribution in [3.63, 3.8) is 0 Å². The molecule has 0 spiro atoms. The maximum atomic E-state index is 12.8. The Labute approximate surface area is 175 Å². The fraction of sp³-hybridized carbons (Fsp3) is 0.524. The Bertz CT molecular complexity index is 783. The fourth-order valence-corrected chi connectivity index (χ4v) is 4.15. The van der Waals surface area contributed by atoms with Crippen molar-refractivity contribution in [3.05, 3.63) is 35.4 Å². The van der Waals surface area contributed by atoms with Gasteiger partial charge in [0.25, 0.3) is 0 Å². The van der Waals surface area contributed by atoms with Gasteiger partial charge in [0, 0.05) is 19.1 Å². The van der Waals surface area contributed by atoms with Crippen molar-refractivity contribution in [2.24, 2.45) is 5.73 Å². The van der Waals surface area contributed by atoms with E-state index in [0.717, 1.165) is 24.2 Å². The summed E-state index contributed by atoms with van der Waals surface area (Å²) in [6, 6.07) is 6.72. The molecule has 0 radical (unpaired) electrons. The van der Waals surface area contributed by atoms with Crippen LogP contribution in [0.2, 0.25) is 0 Å². The molecule has 7 nitrogen and oxygen atoms in total. The zero-order chi connectivity index (χ0) is 21.4. The smallest absolute Gasteiger partial charge is 0.247 e. The van der Waals surface area contributed by atoms with Gasteiger partial charge in [-0.25, -0.2) is 0 Å². The third kappa shape index (κ3) is 6.32. The SMILES string of the molecule is CC(=O)SCCCCC[C@@](NC(=O)[C@@H]1CCC(=O)N1)(C(N)=O)c1cccc(C)c1. The fourth-order valence-electron chi connectivity index (χ4n) is 3.51. The molecule has 1 aliphatic heterocycles. The lowest BCUT2D eigenvalue weighted by Crippen LogP contribution is -2.58. The second-order valence-electron chi connectivity index (χ2n) is 7.44. The third-order valence-corrected chi connectivity index (χ3v) is 5.98. The van der Waals surface area contributed by atoms with Crippen molar-refractivity contribution in [1.82, 2.24) is 10.6 Å². The molecule has 1 heterocycles. The summed E-state index contributed by atoms with van der Waals surface area (Å²) in [5, 5.41) is 5.58. The molecular weight excluding hydrogens is 390 g/mol. The average molecular weight is 420 g/mol. The minimum absolute atomic E-state index is 0.0853. The predicted molar refractivity (Wildman–Crippen MR) is 113 cm³/mol. The van der Waals surface area contributed by atoms with Gasteiger partial charge in [0.1, 0.15) is 11.6 Å². The summed E-state index contributed by atoms with van der Waals surface area (Å²) in [5.41, 5.74) is 6.07. The van der Waals surface area contributed by atoms with Crippen molar-refractivity contribution in [2.45, 2.75) is 64.0 Å². The number of aryl methyl sites for hydroxylation is 1. The lowest BCUT2D eigenvalue weighted by molar-refractivity contribution is -0.133. The highest BCUT2D eigenvalue weighted by molar-refractivity contribution is 8.13. The number of nitrogens with two attached hydrogens (primary N) is 1. The Hall–Kier alpha value is -2.35. The molecule has 2 rings (SSSR count). The molecule has 2 atom stereocenters. The molecule has 0 bridgehead atoms. The van der Waals surface area contributed by atoms with Crippen LogP contribution in [-0.2, 0) is 24.7 Å². The summed E-state index contributed by atoms with van der Waals surface area (Å²) < 4.78 is 0. The van der Waals surface area contributed by atoms with E-state index in [-0.39, 0.29) is 11.0 Å². The topological polar surface area (TPSA) is 118 Å². The molecule has 8 heteroatoms. The van der Waals surface area contributed by atoms with Crippen molar-refractivity contribution >= 4 is 34.6 Å². The maximum absolute atomic E-state index is 12.8. The van der Waals surface area contributed by atoms with E-state index in [2.05, 4.69) is 10.6 Å². The first-order valence-electron chi connectivity index (χ1n) is 9.86. The molecular formula is C21H29N3O4S. The van der Waals surface area contributed by atoms with Crippen molar-refractivity contribution in [2.75, 3.05) is 5.75 Å². The zero-order valence-electron chi connectivity index (χ0n) is 17.0. The summed E-state index contributed by atoms with van der Waals surface area (Å²) >= 11 is 1.28. The van der Waals surface area contributed by atoms with Crippen molar-refractivity contribution < 1.29 is 19.2 Å². The van der Waals surface area contributed by atoms with Gasteiger partial charge in [-0.1, -0.05) is 54.4 Å². The van der Waals surface area contributed by atoms with Crippen LogP contribution in [0.15, 0.2) is 24.3 Å². The number of thioether (sulfide) groups is 1. The number of rotatable bonds is 10. The summed E-state index contributed by atoms with van der Waals surface area (Å²) in [6.45, 7) is 3.45. The lowest BCUT2D eigenvalue weighted by atomic mass is 9.82. The summed E-state index contributed by atoms with van der Waals surface area (Å²) in [4.78, 5) is 48.0. The van der Waals surface area contributed by atoms with E-state index in [0.29, 0.717) is 31.2 Å². The van der Waals surface area contributed by atoms with Crippen molar-refractivity contribution in [1.29, 1.82) is 0 Å². The van der Waals surface area contributed by atoms with Crippen LogP contribution in [0.25, 0.3) is 0 Å². The third-order valence-electron chi connectivity index (χ3n) is 5.08. The minimum atomic E-state index is -1.34. The minimum Gasteiger partial charge on any atom is -0.367 e. The lowest BCUT2D eigenvalue weighted by Gasteiger charge is -2.33. The molecule has 3 amide bonds. The summed E-state index contributed by atoms with van der Waals surface area (Å²) in [7, 11) is 0. The average Bonchev–Trinajstić information content (AvgIpc) is 3.09. The van der Waals surface area contributed by atoms with Crippen LogP contribution in [0.4, 0.5) is 0 Å². The van der Waals surface area contributed by atoms with Gasteiger partial charge >= 0.3 is 0 Å². The van der Waals surface area contributed by atoms with Crippen LogP contribution in [0.1, 0.15) is 56.6 Å². The molecule has 1 fully saturated rings. The standard InChI is InChI=1S/C21H29N3O4S/c1-14-7-6-8-16(13-14)21(20(22)28,11-4-3-5-12-29-15(2)25)24-19(27)17-9-10-18(26)23-17/h6-8,13,17H,3-5,9-12H2,1-2H3,(H2,22,28)(H,23,26)(H,24,27)/t17-,21-/m0/s1. The van der Waals surface area contributed by atoms with E-state index in [1.54, 1.807) is 6.07 Å². The van der Waals surface area contributed by atoms with Crippen LogP contribution >= 0.6 is 11.8 Å². The molecule has 29 heavy (non-hydrogen) atoms. The molecule has 1 aromatic rings. The van der Waals surface area contributed by atoms with E-state index in [1.165, 1.54) is 18.7 Å². The van der Waals surface area contributed by atoms with E-state index < -0.39 is 23.4 Å². The van der Waals surface area contributed by atoms with Crippen LogP contribution in [0.3, 0.4) is 0 Å². The summed E-state index contributed by atoms with van der Waals surface area (Å²) in [5.74, 6) is -0.473. The number of nitrogens with one attached hydrogen (secondary N) is 2. The van der Waals surface area contributed by atoms with E-state index in [9.17, 15) is 19.2 Å². The maximum Gasteiger partial charge on any atom is 0.247 e. The van der Waals surface area contributed by atoms with Gasteiger partial charge in [-0.05, 0) is 31.7 Å². The van der Waals surface area contributed by atoms with E-state index >= 15 is 0 Å². The quantitative estimate of drug-likeness (QED) is 0.501. The van der Waals surface area contributed by atoms with Gasteiger partial charge < -0.3 is 16.4 Å². The first-order chi connectivity index (χ1) is 13.7. The predicted octanol–water partition coefficient (Wildman–Crippen LogP) is 1.91. The van der Waals surface area contributed by atoms with Crippen molar-refractivity contribution in [3.8, 4) is 0 Å². The second kappa shape index (κ2) is 10.4. The normalized spacial score (nSPS) is 18.0. The molecule has 0 aromatic heterocycles. The number of benzene rings is 1. The van der Waals surface area contributed by atoms with Crippen LogP contribution < -0.4 is 16.4 Å². The summed E-state index contributed by atoms with van der Waals surface area (Å²) in [6.07, 6.45) is 3.34. The molecule has 1 aromatic carbocycles. The first-order valence-corrected chi connectivity index (χ1v) is 10.8. The Morgan fingerprint density at radius 1 is 1.28 bits per heavy atom. The molecule has 1 aliphatic rings. The number of primary amides is 1. The number of carbonyl (C=O) groups is 4. The largest absolute Gasteiger partial charge is 0.367 e. The van der Waals surface area contributed by atoms with Gasteiger partial charge in [-0.2, -0.15) is 0 Å². The first kappa shape index (κ1) is 22.9. The molecule has 0 aliphatic carbocycles. The van der Waals surface area contributed by atoms with Gasteiger partial charge in [0.15, 0.2) is 5.12 Å². The van der Waals surface area contributed by atoms with Crippen LogP contribution in [0, 0.1) is 6.92 Å². The highest BCUT2D eigenvalue weighted by atomic mass is 32.2. The number of hydrogen-bond acceptors (Lipinski definition) is 5. The highest BCUT2D eigenvalue weighted by Gasteiger charge is 2.42. The van der Waals surface area contributed by atoms with E-state index in [1.807, 2.05) is 25.1 Å². The molecule has 0 unspecified atom stereocenters. The Kier molecular flexibility index (Phi) is 8.25. The molecule has 0 saturated carbocycles. The molecule has 1 saturated heterocycles. The zero-order valence-corrected chi connectivity index (χ0v) is 17.8. The monoisotopic (exact) mass is 419 g/mol. The second-order valence-corrected chi connectivity index (χ2v) is 8.71. The van der Waals surface area contributed by atoms with Gasteiger partial charge in [0.2, 0.25) is 17.7 Å². The number of unbranched alkanes of at least 4 members (excludes halogenated alkanes) is 2.